The predicted octanol–water partition coefficient (Wildman–Crippen LogP) is 6.56. The molecule has 12 atom stereocenters. The summed E-state index contributed by atoms with van der Waals surface area (Å²) in [4.78, 5) is 0. The van der Waals surface area contributed by atoms with E-state index in [0.717, 1.165) is 30.3 Å². The van der Waals surface area contributed by atoms with E-state index < -0.39 is 164 Å². The first-order chi connectivity index (χ1) is 38.7. The van der Waals surface area contributed by atoms with Crippen molar-refractivity contribution in [1.29, 1.82) is 0 Å². The van der Waals surface area contributed by atoms with Crippen LogP contribution in [0.2, 0.25) is 0 Å². The molecule has 0 saturated heterocycles. The molecule has 416 valence electrons. The second kappa shape index (κ2) is 19.3. The number of hydrogen-bond acceptors (Lipinski definition) is 21. The van der Waals surface area contributed by atoms with Crippen LogP contribution in [0.25, 0.3) is 0 Å². The van der Waals surface area contributed by atoms with Crippen molar-refractivity contribution >= 4 is 0 Å². The third kappa shape index (κ3) is 8.36. The largest absolute Gasteiger partial charge is 0.508 e. The van der Waals surface area contributed by atoms with Gasteiger partial charge in [0.25, 0.3) is 0 Å². The summed E-state index contributed by atoms with van der Waals surface area (Å²) in [6.45, 7) is 0. The Morgan fingerprint density at radius 3 is 0.840 bits per heavy atom. The second-order valence-electron chi connectivity index (χ2n) is 20.5. The molecule has 21 nitrogen and oxygen atoms in total. The molecule has 4 aliphatic rings. The summed E-state index contributed by atoms with van der Waals surface area (Å²) in [6, 6.07) is 26.0. The van der Waals surface area contributed by atoms with Gasteiger partial charge in [0.2, 0.25) is 0 Å². The lowest BCUT2D eigenvalue weighted by atomic mass is 9.72. The monoisotopic (exact) mass is 1110 g/mol. The molecule has 0 aromatic heterocycles. The molecule has 4 aliphatic heterocycles. The molecule has 0 fully saturated rings. The SMILES string of the molecule is Oc1ccc([C@H]2Oc3c([C@H]4c5c(O)cc(O)c([C@H]6c7c(O)cc(O)c([C@H]8c9c(O)cc(O)cc9O[C@H](c9ccc(O)cc9)[C@H]8O)c7O[C@H](c7ccc(O)cc7)[C@H]6O)c5O[C@H](c5ccc(O)cc5)[C@H]4O)c(O)cc(O)c3[C@H](O)[C@@H]2O)cc1. The number of fused-ring (bicyclic) bond motifs is 4. The maximum absolute atomic E-state index is 13.0. The molecule has 0 amide bonds. The van der Waals surface area contributed by atoms with Crippen LogP contribution in [0.4, 0.5) is 0 Å². The van der Waals surface area contributed by atoms with E-state index >= 15 is 0 Å². The van der Waals surface area contributed by atoms with Crippen LogP contribution in [0.15, 0.2) is 127 Å². The highest BCUT2D eigenvalue weighted by atomic mass is 16.5. The van der Waals surface area contributed by atoms with Crippen molar-refractivity contribution in [2.75, 3.05) is 0 Å². The number of rotatable bonds is 7. The standard InChI is InChI=1S/C60H50O21/c61-26-9-1-22(2-10-26)54-50(74)46(39-31(66)17-30(65)18-38(39)78-54)40-32(67)19-33(68)41-47(51(75)55(79-58(40)41)23-3-11-27(62)12-4-23)42-34(69)20-35(70)43-48(52(76)56(80-59(42)43)24-5-13-28(63)14-6-24)44-36(71)21-37(72)45-49(73)53(77)57(81-60(44)45)25-7-15-29(64)16-8-25/h1-21,46-57,61-77H/t46-,47-,48-,49+,50+,51+,52+,53+,54-,55-,56-,57-/m1/s1. The molecule has 8 aromatic rings. The summed E-state index contributed by atoms with van der Waals surface area (Å²) in [6.07, 6.45) is -15.6. The van der Waals surface area contributed by atoms with Crippen molar-refractivity contribution < 1.29 is 106 Å². The van der Waals surface area contributed by atoms with Crippen LogP contribution in [-0.2, 0) is 0 Å². The summed E-state index contributed by atoms with van der Waals surface area (Å²) >= 11 is 0. The van der Waals surface area contributed by atoms with E-state index in [9.17, 15) is 86.8 Å². The van der Waals surface area contributed by atoms with Crippen LogP contribution in [0.5, 0.6) is 92.0 Å². The number of aromatic hydroxyl groups is 12. The van der Waals surface area contributed by atoms with Gasteiger partial charge in [-0.1, -0.05) is 48.5 Å². The first-order valence-electron chi connectivity index (χ1n) is 25.2. The molecule has 0 saturated carbocycles. The average Bonchev–Trinajstić information content (AvgIpc) is 3.62. The number of phenolic OH excluding ortho intramolecular Hbond substituents is 12. The molecule has 0 aliphatic carbocycles. The lowest BCUT2D eigenvalue weighted by Gasteiger charge is -2.44. The van der Waals surface area contributed by atoms with Crippen molar-refractivity contribution in [3.8, 4) is 92.0 Å². The Kier molecular flexibility index (Phi) is 12.4. The summed E-state index contributed by atoms with van der Waals surface area (Å²) in [7, 11) is 0. The van der Waals surface area contributed by atoms with E-state index in [1.165, 1.54) is 97.1 Å². The van der Waals surface area contributed by atoms with E-state index in [1.54, 1.807) is 0 Å². The van der Waals surface area contributed by atoms with Crippen LogP contribution in [-0.4, -0.2) is 111 Å². The van der Waals surface area contributed by atoms with Crippen molar-refractivity contribution in [2.24, 2.45) is 0 Å². The van der Waals surface area contributed by atoms with Gasteiger partial charge in [0.1, 0.15) is 123 Å². The number of hydrogen-bond donors (Lipinski definition) is 17. The van der Waals surface area contributed by atoms with Crippen LogP contribution in [0.1, 0.15) is 109 Å². The van der Waals surface area contributed by atoms with Crippen LogP contribution in [0, 0.1) is 0 Å². The van der Waals surface area contributed by atoms with Gasteiger partial charge in [0.05, 0.1) is 23.3 Å². The summed E-state index contributed by atoms with van der Waals surface area (Å²) < 4.78 is 26.0. The zero-order valence-electron chi connectivity index (χ0n) is 41.8. The highest BCUT2D eigenvalue weighted by Crippen LogP contribution is 2.65. The Hall–Kier alpha value is -9.64. The molecule has 8 aromatic carbocycles. The Labute approximate surface area is 457 Å². The fraction of sp³-hybridized carbons (Fsp3) is 0.200. The van der Waals surface area contributed by atoms with Gasteiger partial charge in [0, 0.05) is 63.7 Å². The number of phenols is 12. The normalized spacial score (nSPS) is 25.3. The highest BCUT2D eigenvalue weighted by molar-refractivity contribution is 5.73. The molecule has 21 heteroatoms. The van der Waals surface area contributed by atoms with Crippen LogP contribution >= 0.6 is 0 Å². The van der Waals surface area contributed by atoms with E-state index in [0.29, 0.717) is 0 Å². The van der Waals surface area contributed by atoms with E-state index in [4.69, 9.17) is 18.9 Å². The van der Waals surface area contributed by atoms with Gasteiger partial charge >= 0.3 is 0 Å². The smallest absolute Gasteiger partial charge is 0.152 e. The molecule has 17 N–H and O–H groups in total. The number of ether oxygens (including phenoxy) is 4. The minimum atomic E-state index is -1.98. The Morgan fingerprint density at radius 1 is 0.247 bits per heavy atom. The Balaban J connectivity index is 1.13. The van der Waals surface area contributed by atoms with Gasteiger partial charge in [0.15, 0.2) is 24.4 Å². The number of benzene rings is 8. The first kappa shape index (κ1) is 52.1. The molecule has 0 unspecified atom stereocenters. The quantitative estimate of drug-likeness (QED) is 0.0803. The van der Waals surface area contributed by atoms with Gasteiger partial charge in [-0.05, 0) is 70.8 Å². The lowest BCUT2D eigenvalue weighted by molar-refractivity contribution is -0.0722. The van der Waals surface area contributed by atoms with Gasteiger partial charge in [-0.3, -0.25) is 0 Å². The highest BCUT2D eigenvalue weighted by Gasteiger charge is 2.53. The first-order valence-corrected chi connectivity index (χ1v) is 25.2. The fourth-order valence-electron chi connectivity index (χ4n) is 12.0. The van der Waals surface area contributed by atoms with Gasteiger partial charge < -0.3 is 106 Å². The Morgan fingerprint density at radius 2 is 0.506 bits per heavy atom. The maximum atomic E-state index is 13.0. The minimum Gasteiger partial charge on any atom is -0.508 e. The molecule has 81 heavy (non-hydrogen) atoms. The topological polar surface area (TPSA) is 381 Å². The van der Waals surface area contributed by atoms with Crippen molar-refractivity contribution in [1.82, 2.24) is 0 Å². The Bertz CT molecular complexity index is 3780. The molecule has 0 bridgehead atoms. The second-order valence-corrected chi connectivity index (χ2v) is 20.5. The van der Waals surface area contributed by atoms with E-state index in [1.807, 2.05) is 0 Å². The van der Waals surface area contributed by atoms with Crippen molar-refractivity contribution in [3.05, 3.63) is 189 Å². The molecule has 0 spiro atoms. The molecular formula is C60H50O21. The van der Waals surface area contributed by atoms with Crippen LogP contribution < -0.4 is 18.9 Å². The zero-order chi connectivity index (χ0) is 57.2. The lowest BCUT2D eigenvalue weighted by Crippen LogP contribution is -2.40. The van der Waals surface area contributed by atoms with Gasteiger partial charge in [-0.2, -0.15) is 0 Å². The predicted molar refractivity (Wildman–Crippen MR) is 280 cm³/mol. The van der Waals surface area contributed by atoms with Crippen molar-refractivity contribution in [2.45, 2.75) is 72.7 Å². The molecule has 12 rings (SSSR count). The van der Waals surface area contributed by atoms with Crippen LogP contribution in [0.3, 0.4) is 0 Å². The van der Waals surface area contributed by atoms with Gasteiger partial charge in [-0.15, -0.1) is 0 Å². The molecule has 4 heterocycles. The van der Waals surface area contributed by atoms with E-state index in [-0.39, 0.29) is 62.1 Å². The minimum absolute atomic E-state index is 0.126. The third-order valence-corrected chi connectivity index (χ3v) is 15.7. The van der Waals surface area contributed by atoms with Crippen molar-refractivity contribution in [3.63, 3.8) is 0 Å². The summed E-state index contributed by atoms with van der Waals surface area (Å²) in [5.41, 5.74) is -2.00. The van der Waals surface area contributed by atoms with Gasteiger partial charge in [-0.25, -0.2) is 0 Å². The van der Waals surface area contributed by atoms with E-state index in [2.05, 4.69) is 0 Å². The fourth-order valence-corrected chi connectivity index (χ4v) is 12.0. The summed E-state index contributed by atoms with van der Waals surface area (Å²) in [5, 5.41) is 198. The molecular weight excluding hydrogens is 1060 g/mol. The summed E-state index contributed by atoms with van der Waals surface area (Å²) in [5.74, 6) is -13.5. The third-order valence-electron chi connectivity index (χ3n) is 15.7. The number of aliphatic hydroxyl groups is 5. The molecule has 0 radical (unpaired) electrons. The average molecular weight is 1110 g/mol. The number of aliphatic hydroxyl groups excluding tert-OH is 5. The maximum Gasteiger partial charge on any atom is 0.152 e. The zero-order valence-corrected chi connectivity index (χ0v) is 41.8.